The summed E-state index contributed by atoms with van der Waals surface area (Å²) in [6.07, 6.45) is 9.79. The highest BCUT2D eigenvalue weighted by Crippen LogP contribution is 2.20. The molecule has 0 aliphatic heterocycles. The number of amides is 1. The van der Waals surface area contributed by atoms with Gasteiger partial charge in [0.05, 0.1) is 6.10 Å². The molecule has 156 valence electrons. The van der Waals surface area contributed by atoms with Gasteiger partial charge in [-0.05, 0) is 44.7 Å². The molecule has 3 N–H and O–H groups in total. The van der Waals surface area contributed by atoms with Crippen molar-refractivity contribution in [3.63, 3.8) is 0 Å². The van der Waals surface area contributed by atoms with Crippen LogP contribution in [-0.2, 0) is 9.53 Å². The van der Waals surface area contributed by atoms with Crippen LogP contribution in [0.3, 0.4) is 0 Å². The molecule has 0 aromatic carbocycles. The molecule has 1 aromatic heterocycles. The number of nitrogens with zero attached hydrogens (tertiary/aromatic N) is 2. The van der Waals surface area contributed by atoms with Crippen LogP contribution in [0.5, 0.6) is 0 Å². The van der Waals surface area contributed by atoms with Crippen molar-refractivity contribution in [2.24, 2.45) is 4.99 Å². The van der Waals surface area contributed by atoms with Gasteiger partial charge in [-0.3, -0.25) is 9.79 Å². The summed E-state index contributed by atoms with van der Waals surface area (Å²) in [7, 11) is 0. The standard InChI is InChI=1S/C21H35N5O2/c1-3-22-21(23-13-7-15-28-18-8-5-4-6-9-18)24-14-12-20(27)26-19-11-10-17(2)16-25-19/h10-11,16,18H,3-9,12-15H2,1-2H3,(H2,22,23,24)(H,25,26,27). The number of rotatable bonds is 10. The fourth-order valence-corrected chi connectivity index (χ4v) is 3.12. The zero-order chi connectivity index (χ0) is 20.0. The van der Waals surface area contributed by atoms with Crippen molar-refractivity contribution in [1.82, 2.24) is 15.6 Å². The molecule has 0 bridgehead atoms. The monoisotopic (exact) mass is 389 g/mol. The normalized spacial score (nSPS) is 15.3. The average molecular weight is 390 g/mol. The molecule has 1 amide bonds. The lowest BCUT2D eigenvalue weighted by Gasteiger charge is -2.21. The Morgan fingerprint density at radius 2 is 2.07 bits per heavy atom. The van der Waals surface area contributed by atoms with Gasteiger partial charge in [0.2, 0.25) is 5.91 Å². The molecule has 1 saturated carbocycles. The van der Waals surface area contributed by atoms with Crippen molar-refractivity contribution in [3.8, 4) is 0 Å². The zero-order valence-corrected chi connectivity index (χ0v) is 17.3. The van der Waals surface area contributed by atoms with Crippen LogP contribution in [-0.4, -0.2) is 49.2 Å². The number of carbonyl (C=O) groups excluding carboxylic acids is 1. The lowest BCUT2D eigenvalue weighted by atomic mass is 9.98. The largest absolute Gasteiger partial charge is 0.378 e. The van der Waals surface area contributed by atoms with Gasteiger partial charge >= 0.3 is 0 Å². The van der Waals surface area contributed by atoms with Crippen LogP contribution in [0.25, 0.3) is 0 Å². The first-order chi connectivity index (χ1) is 13.7. The molecule has 0 atom stereocenters. The topological polar surface area (TPSA) is 87.6 Å². The lowest BCUT2D eigenvalue weighted by Crippen LogP contribution is -2.38. The molecule has 0 radical (unpaired) electrons. The number of hydrogen-bond acceptors (Lipinski definition) is 4. The van der Waals surface area contributed by atoms with E-state index < -0.39 is 0 Å². The van der Waals surface area contributed by atoms with Gasteiger partial charge in [0.15, 0.2) is 5.96 Å². The van der Waals surface area contributed by atoms with Crippen molar-refractivity contribution in [2.45, 2.75) is 64.9 Å². The van der Waals surface area contributed by atoms with Gasteiger partial charge in [0.1, 0.15) is 5.82 Å². The minimum atomic E-state index is -0.0689. The second kappa shape index (κ2) is 13.1. The summed E-state index contributed by atoms with van der Waals surface area (Å²) in [5.74, 6) is 1.25. The average Bonchev–Trinajstić information content (AvgIpc) is 2.70. The van der Waals surface area contributed by atoms with E-state index in [2.05, 4.69) is 25.9 Å². The molecule has 1 fully saturated rings. The number of carbonyl (C=O) groups is 1. The molecule has 1 aliphatic rings. The van der Waals surface area contributed by atoms with Gasteiger partial charge in [-0.2, -0.15) is 0 Å². The third-order valence-corrected chi connectivity index (χ3v) is 4.65. The van der Waals surface area contributed by atoms with Crippen LogP contribution in [0.2, 0.25) is 0 Å². The Hall–Kier alpha value is -2.15. The fourth-order valence-electron chi connectivity index (χ4n) is 3.12. The van der Waals surface area contributed by atoms with Crippen LogP contribution >= 0.6 is 0 Å². The molecule has 7 heteroatoms. The second-order valence-electron chi connectivity index (χ2n) is 7.19. The predicted molar refractivity (Wildman–Crippen MR) is 114 cm³/mol. The number of ether oxygens (including phenoxy) is 1. The maximum absolute atomic E-state index is 12.0. The maximum atomic E-state index is 12.0. The van der Waals surface area contributed by atoms with E-state index >= 15 is 0 Å². The van der Waals surface area contributed by atoms with Crippen LogP contribution < -0.4 is 16.0 Å². The summed E-state index contributed by atoms with van der Waals surface area (Å²) in [4.78, 5) is 20.8. The van der Waals surface area contributed by atoms with Crippen molar-refractivity contribution >= 4 is 17.7 Å². The van der Waals surface area contributed by atoms with E-state index in [4.69, 9.17) is 4.74 Å². The zero-order valence-electron chi connectivity index (χ0n) is 17.3. The van der Waals surface area contributed by atoms with Gasteiger partial charge in [-0.1, -0.05) is 25.3 Å². The first-order valence-corrected chi connectivity index (χ1v) is 10.5. The van der Waals surface area contributed by atoms with Crippen molar-refractivity contribution in [1.29, 1.82) is 0 Å². The molecule has 0 spiro atoms. The van der Waals surface area contributed by atoms with E-state index in [1.54, 1.807) is 6.20 Å². The minimum Gasteiger partial charge on any atom is -0.378 e. The van der Waals surface area contributed by atoms with Crippen molar-refractivity contribution in [2.75, 3.05) is 31.6 Å². The third kappa shape index (κ3) is 9.17. The van der Waals surface area contributed by atoms with Gasteiger partial charge in [-0.25, -0.2) is 4.98 Å². The number of hydrogen-bond donors (Lipinski definition) is 3. The molecule has 1 aromatic rings. The van der Waals surface area contributed by atoms with Gasteiger partial charge in [0.25, 0.3) is 0 Å². The summed E-state index contributed by atoms with van der Waals surface area (Å²) in [6, 6.07) is 3.73. The van der Waals surface area contributed by atoms with E-state index in [-0.39, 0.29) is 5.91 Å². The summed E-state index contributed by atoms with van der Waals surface area (Å²) < 4.78 is 5.93. The van der Waals surface area contributed by atoms with Crippen LogP contribution in [0, 0.1) is 6.92 Å². The SMILES string of the molecule is CCNC(=NCCCOC1CCCCC1)NCCC(=O)Nc1ccc(C)cn1. The van der Waals surface area contributed by atoms with Crippen molar-refractivity contribution < 1.29 is 9.53 Å². The molecule has 28 heavy (non-hydrogen) atoms. The van der Waals surface area contributed by atoms with Gasteiger partial charge in [-0.15, -0.1) is 0 Å². The third-order valence-electron chi connectivity index (χ3n) is 4.65. The number of guanidine groups is 1. The number of anilines is 1. The van der Waals surface area contributed by atoms with E-state index in [0.29, 0.717) is 31.4 Å². The van der Waals surface area contributed by atoms with Gasteiger partial charge < -0.3 is 20.7 Å². The van der Waals surface area contributed by atoms with E-state index in [1.807, 2.05) is 26.0 Å². The molecule has 1 heterocycles. The summed E-state index contributed by atoms with van der Waals surface area (Å²) in [5, 5.41) is 9.21. The molecule has 2 rings (SSSR count). The summed E-state index contributed by atoms with van der Waals surface area (Å²) in [5.41, 5.74) is 1.07. The number of aryl methyl sites for hydroxylation is 1. The number of aliphatic imine (C=N–C) groups is 1. The van der Waals surface area contributed by atoms with E-state index in [9.17, 15) is 4.79 Å². The highest BCUT2D eigenvalue weighted by molar-refractivity contribution is 5.90. The molecule has 7 nitrogen and oxygen atoms in total. The molecule has 1 aliphatic carbocycles. The van der Waals surface area contributed by atoms with Crippen LogP contribution in [0.15, 0.2) is 23.3 Å². The highest BCUT2D eigenvalue weighted by atomic mass is 16.5. The van der Waals surface area contributed by atoms with E-state index in [1.165, 1.54) is 32.1 Å². The van der Waals surface area contributed by atoms with Crippen LogP contribution in [0.4, 0.5) is 5.82 Å². The molecular weight excluding hydrogens is 354 g/mol. The minimum absolute atomic E-state index is 0.0689. The Morgan fingerprint density at radius 3 is 2.79 bits per heavy atom. The van der Waals surface area contributed by atoms with Crippen LogP contribution in [0.1, 0.15) is 57.4 Å². The van der Waals surface area contributed by atoms with Crippen molar-refractivity contribution in [3.05, 3.63) is 23.9 Å². The first-order valence-electron chi connectivity index (χ1n) is 10.5. The molecule has 0 saturated heterocycles. The van der Waals surface area contributed by atoms with E-state index in [0.717, 1.165) is 31.1 Å². The maximum Gasteiger partial charge on any atom is 0.227 e. The Kier molecular flexibility index (Phi) is 10.4. The quantitative estimate of drug-likeness (QED) is 0.325. The Labute approximate surface area is 168 Å². The Morgan fingerprint density at radius 1 is 1.25 bits per heavy atom. The van der Waals surface area contributed by atoms with Gasteiger partial charge in [0, 0.05) is 38.9 Å². The molecular formula is C21H35N5O2. The smallest absolute Gasteiger partial charge is 0.227 e. The highest BCUT2D eigenvalue weighted by Gasteiger charge is 2.12. The Bertz CT molecular complexity index is 597. The summed E-state index contributed by atoms with van der Waals surface area (Å²) in [6.45, 7) is 6.76. The number of pyridine rings is 1. The first kappa shape index (κ1) is 22.1. The second-order valence-corrected chi connectivity index (χ2v) is 7.19. The lowest BCUT2D eigenvalue weighted by molar-refractivity contribution is -0.116. The fraction of sp³-hybridized carbons (Fsp3) is 0.667. The number of aromatic nitrogens is 1. The number of nitrogens with one attached hydrogen (secondary N) is 3. The molecule has 0 unspecified atom stereocenters. The predicted octanol–water partition coefficient (Wildman–Crippen LogP) is 3.01. The Balaban J connectivity index is 1.61. The summed E-state index contributed by atoms with van der Waals surface area (Å²) >= 11 is 0.